The molecule has 86 valence electrons. The van der Waals surface area contributed by atoms with E-state index in [1.165, 1.54) is 5.56 Å². The van der Waals surface area contributed by atoms with Crippen LogP contribution in [0.1, 0.15) is 18.4 Å². The van der Waals surface area contributed by atoms with Gasteiger partial charge < -0.3 is 9.47 Å². The van der Waals surface area contributed by atoms with Gasteiger partial charge in [0.2, 0.25) is 0 Å². The number of hydrogen-bond acceptors (Lipinski definition) is 3. The second kappa shape index (κ2) is 4.06. The SMILES string of the molecule is SC(CC1CO1)(CC1CO1)c1ccccc1. The molecular weight excluding hydrogens is 220 g/mol. The lowest BCUT2D eigenvalue weighted by Gasteiger charge is -2.28. The predicted molar refractivity (Wildman–Crippen MR) is 65.8 cm³/mol. The highest BCUT2D eigenvalue weighted by Gasteiger charge is 2.41. The van der Waals surface area contributed by atoms with Crippen molar-refractivity contribution in [1.82, 2.24) is 0 Å². The van der Waals surface area contributed by atoms with E-state index in [4.69, 9.17) is 22.1 Å². The van der Waals surface area contributed by atoms with Crippen LogP contribution in [0.25, 0.3) is 0 Å². The summed E-state index contributed by atoms with van der Waals surface area (Å²) in [5, 5.41) is 0. The van der Waals surface area contributed by atoms with Crippen LogP contribution in [0.15, 0.2) is 30.3 Å². The van der Waals surface area contributed by atoms with E-state index in [0.717, 1.165) is 26.1 Å². The molecule has 0 spiro atoms. The maximum absolute atomic E-state index is 5.34. The van der Waals surface area contributed by atoms with Crippen LogP contribution in [-0.2, 0) is 14.2 Å². The molecule has 3 rings (SSSR count). The fourth-order valence-corrected chi connectivity index (χ4v) is 2.75. The molecule has 2 aliphatic rings. The van der Waals surface area contributed by atoms with E-state index >= 15 is 0 Å². The minimum absolute atomic E-state index is 0.0937. The van der Waals surface area contributed by atoms with Gasteiger partial charge in [-0.1, -0.05) is 30.3 Å². The second-order valence-electron chi connectivity index (χ2n) is 4.72. The maximum Gasteiger partial charge on any atom is 0.0826 e. The van der Waals surface area contributed by atoms with Gasteiger partial charge in [-0.3, -0.25) is 0 Å². The summed E-state index contributed by atoms with van der Waals surface area (Å²) >= 11 is 4.91. The van der Waals surface area contributed by atoms with Crippen LogP contribution in [0.4, 0.5) is 0 Å². The Labute approximate surface area is 101 Å². The highest BCUT2D eigenvalue weighted by molar-refractivity contribution is 7.81. The molecule has 0 aliphatic carbocycles. The van der Waals surface area contributed by atoms with Gasteiger partial charge in [0.05, 0.1) is 25.4 Å². The monoisotopic (exact) mass is 236 g/mol. The van der Waals surface area contributed by atoms with Gasteiger partial charge in [0.25, 0.3) is 0 Å². The molecule has 2 aliphatic heterocycles. The van der Waals surface area contributed by atoms with Crippen LogP contribution < -0.4 is 0 Å². The number of ether oxygens (including phenoxy) is 2. The van der Waals surface area contributed by atoms with Crippen LogP contribution in [0, 0.1) is 0 Å². The Kier molecular flexibility index (Phi) is 2.70. The highest BCUT2D eigenvalue weighted by Crippen LogP contribution is 2.43. The standard InChI is InChI=1S/C13H16O2S/c16-13(6-11-8-14-11,7-12-9-15-12)10-4-2-1-3-5-10/h1-5,11-12,16H,6-9H2. The zero-order valence-corrected chi connectivity index (χ0v) is 10.0. The first-order chi connectivity index (χ1) is 7.76. The van der Waals surface area contributed by atoms with E-state index in [1.807, 2.05) is 6.07 Å². The average molecular weight is 236 g/mol. The Morgan fingerprint density at radius 2 is 1.56 bits per heavy atom. The topological polar surface area (TPSA) is 25.1 Å². The van der Waals surface area contributed by atoms with Crippen molar-refractivity contribution in [2.75, 3.05) is 13.2 Å². The van der Waals surface area contributed by atoms with Gasteiger partial charge in [-0.15, -0.1) is 0 Å². The summed E-state index contributed by atoms with van der Waals surface area (Å²) in [5.41, 5.74) is 1.28. The molecule has 0 saturated carbocycles. The van der Waals surface area contributed by atoms with Gasteiger partial charge in [-0.05, 0) is 18.4 Å². The van der Waals surface area contributed by atoms with Crippen molar-refractivity contribution >= 4 is 12.6 Å². The molecule has 0 radical (unpaired) electrons. The van der Waals surface area contributed by atoms with Gasteiger partial charge in [0, 0.05) is 4.75 Å². The molecule has 2 heterocycles. The van der Waals surface area contributed by atoms with Crippen LogP contribution >= 0.6 is 12.6 Å². The Bertz CT molecular complexity index is 343. The smallest absolute Gasteiger partial charge is 0.0826 e. The van der Waals surface area contributed by atoms with E-state index < -0.39 is 0 Å². The molecule has 2 unspecified atom stereocenters. The van der Waals surface area contributed by atoms with Gasteiger partial charge >= 0.3 is 0 Å². The van der Waals surface area contributed by atoms with E-state index in [9.17, 15) is 0 Å². The molecule has 2 nitrogen and oxygen atoms in total. The largest absolute Gasteiger partial charge is 0.373 e. The lowest BCUT2D eigenvalue weighted by molar-refractivity contribution is 0.331. The zero-order chi connectivity index (χ0) is 11.0. The Morgan fingerprint density at radius 3 is 2.00 bits per heavy atom. The summed E-state index contributed by atoms with van der Waals surface area (Å²) in [6.45, 7) is 1.78. The van der Waals surface area contributed by atoms with E-state index in [1.54, 1.807) is 0 Å². The third kappa shape index (κ3) is 2.42. The summed E-state index contributed by atoms with van der Waals surface area (Å²) < 4.78 is 10.6. The summed E-state index contributed by atoms with van der Waals surface area (Å²) in [5.74, 6) is 0. The van der Waals surface area contributed by atoms with Crippen LogP contribution in [-0.4, -0.2) is 25.4 Å². The van der Waals surface area contributed by atoms with Crippen molar-refractivity contribution in [3.05, 3.63) is 35.9 Å². The summed E-state index contributed by atoms with van der Waals surface area (Å²) in [6, 6.07) is 10.5. The van der Waals surface area contributed by atoms with Crippen molar-refractivity contribution in [2.45, 2.75) is 29.8 Å². The summed E-state index contributed by atoms with van der Waals surface area (Å²) in [7, 11) is 0. The van der Waals surface area contributed by atoms with Crippen LogP contribution in [0.3, 0.4) is 0 Å². The van der Waals surface area contributed by atoms with Gasteiger partial charge in [-0.2, -0.15) is 12.6 Å². The number of hydrogen-bond donors (Lipinski definition) is 1. The first kappa shape index (κ1) is 10.6. The summed E-state index contributed by atoms with van der Waals surface area (Å²) in [6.07, 6.45) is 2.77. The minimum Gasteiger partial charge on any atom is -0.373 e. The van der Waals surface area contributed by atoms with Crippen LogP contribution in [0.5, 0.6) is 0 Å². The molecule has 1 aromatic rings. The van der Waals surface area contributed by atoms with E-state index in [2.05, 4.69) is 24.3 Å². The molecule has 1 aromatic carbocycles. The number of thiol groups is 1. The second-order valence-corrected chi connectivity index (χ2v) is 5.57. The fraction of sp³-hybridized carbons (Fsp3) is 0.538. The molecule has 16 heavy (non-hydrogen) atoms. The van der Waals surface area contributed by atoms with Crippen LogP contribution in [0.2, 0.25) is 0 Å². The van der Waals surface area contributed by atoms with Crippen molar-refractivity contribution in [2.24, 2.45) is 0 Å². The van der Waals surface area contributed by atoms with Gasteiger partial charge in [0.1, 0.15) is 0 Å². The molecule has 2 fully saturated rings. The maximum atomic E-state index is 5.34. The lowest BCUT2D eigenvalue weighted by Crippen LogP contribution is -2.23. The highest BCUT2D eigenvalue weighted by atomic mass is 32.1. The zero-order valence-electron chi connectivity index (χ0n) is 9.13. The predicted octanol–water partition coefficient (Wildman–Crippen LogP) is 2.39. The quantitative estimate of drug-likeness (QED) is 0.627. The van der Waals surface area contributed by atoms with Crippen molar-refractivity contribution in [3.8, 4) is 0 Å². The summed E-state index contributed by atoms with van der Waals surface area (Å²) in [4.78, 5) is 0. The van der Waals surface area contributed by atoms with E-state index in [-0.39, 0.29) is 4.75 Å². The molecule has 0 aromatic heterocycles. The van der Waals surface area contributed by atoms with E-state index in [0.29, 0.717) is 12.2 Å². The third-order valence-electron chi connectivity index (χ3n) is 3.25. The number of epoxide rings is 2. The lowest BCUT2D eigenvalue weighted by atomic mass is 9.89. The Hall–Kier alpha value is -0.510. The molecule has 0 bridgehead atoms. The molecule has 3 heteroatoms. The molecule has 0 N–H and O–H groups in total. The Balaban J connectivity index is 1.80. The first-order valence-electron chi connectivity index (χ1n) is 5.77. The fourth-order valence-electron chi connectivity index (χ4n) is 2.19. The average Bonchev–Trinajstić information content (AvgIpc) is 3.17. The van der Waals surface area contributed by atoms with Gasteiger partial charge in [-0.25, -0.2) is 0 Å². The van der Waals surface area contributed by atoms with Crippen molar-refractivity contribution in [1.29, 1.82) is 0 Å². The molecule has 2 atom stereocenters. The third-order valence-corrected chi connectivity index (χ3v) is 3.87. The number of benzene rings is 1. The Morgan fingerprint density at radius 1 is 1.06 bits per heavy atom. The van der Waals surface area contributed by atoms with Crippen molar-refractivity contribution < 1.29 is 9.47 Å². The van der Waals surface area contributed by atoms with Crippen molar-refractivity contribution in [3.63, 3.8) is 0 Å². The molecule has 2 saturated heterocycles. The molecule has 0 amide bonds. The normalized spacial score (nSPS) is 30.8. The minimum atomic E-state index is -0.0937. The number of rotatable bonds is 5. The first-order valence-corrected chi connectivity index (χ1v) is 6.22. The molecular formula is C13H16O2S. The van der Waals surface area contributed by atoms with Gasteiger partial charge in [0.15, 0.2) is 0 Å².